The van der Waals surface area contributed by atoms with E-state index in [0.717, 1.165) is 82.0 Å². The van der Waals surface area contributed by atoms with Crippen molar-refractivity contribution in [1.29, 1.82) is 0 Å². The van der Waals surface area contributed by atoms with Gasteiger partial charge in [-0.15, -0.1) is 0 Å². The molecule has 2 aliphatic heterocycles. The molecule has 0 bridgehead atoms. The largest absolute Gasteiger partial charge is 0.497 e. The van der Waals surface area contributed by atoms with Gasteiger partial charge in [0, 0.05) is 55.9 Å². The van der Waals surface area contributed by atoms with Gasteiger partial charge in [-0.2, -0.15) is 0 Å². The van der Waals surface area contributed by atoms with Crippen molar-refractivity contribution in [3.05, 3.63) is 29.5 Å². The summed E-state index contributed by atoms with van der Waals surface area (Å²) in [5.41, 5.74) is 3.54. The summed E-state index contributed by atoms with van der Waals surface area (Å²) in [7, 11) is 1.70. The molecule has 0 spiro atoms. The summed E-state index contributed by atoms with van der Waals surface area (Å²) in [4.78, 5) is 17.5. The van der Waals surface area contributed by atoms with Gasteiger partial charge in [-0.05, 0) is 49.9 Å². The predicted molar refractivity (Wildman–Crippen MR) is 115 cm³/mol. The zero-order valence-corrected chi connectivity index (χ0v) is 17.8. The van der Waals surface area contributed by atoms with E-state index in [4.69, 9.17) is 9.47 Å². The van der Waals surface area contributed by atoms with E-state index in [0.29, 0.717) is 6.42 Å². The van der Waals surface area contributed by atoms with Gasteiger partial charge in [0.05, 0.1) is 26.7 Å². The average Bonchev–Trinajstić information content (AvgIpc) is 3.03. The van der Waals surface area contributed by atoms with E-state index in [9.17, 15) is 4.79 Å². The number of likely N-dealkylation sites (tertiary alicyclic amines) is 1. The maximum Gasteiger partial charge on any atom is 0.227 e. The van der Waals surface area contributed by atoms with E-state index >= 15 is 0 Å². The summed E-state index contributed by atoms with van der Waals surface area (Å²) in [5.74, 6) is 1.09. The molecule has 0 atom stereocenters. The Labute approximate surface area is 173 Å². The first kappa shape index (κ1) is 20.2. The highest BCUT2D eigenvalue weighted by Crippen LogP contribution is 2.30. The lowest BCUT2D eigenvalue weighted by molar-refractivity contribution is -0.131. The van der Waals surface area contributed by atoms with Crippen LogP contribution in [0.5, 0.6) is 5.75 Å². The second kappa shape index (κ2) is 9.18. The molecule has 158 valence electrons. The van der Waals surface area contributed by atoms with Crippen molar-refractivity contribution in [2.24, 2.45) is 0 Å². The predicted octanol–water partition coefficient (Wildman–Crippen LogP) is 2.85. The Hall–Kier alpha value is -2.05. The lowest BCUT2D eigenvalue weighted by Gasteiger charge is -2.27. The third-order valence-electron chi connectivity index (χ3n) is 6.44. The topological polar surface area (TPSA) is 46.9 Å². The van der Waals surface area contributed by atoms with Crippen LogP contribution >= 0.6 is 0 Å². The second-order valence-corrected chi connectivity index (χ2v) is 8.17. The van der Waals surface area contributed by atoms with Crippen molar-refractivity contribution in [2.75, 3.05) is 53.0 Å². The van der Waals surface area contributed by atoms with Crippen LogP contribution in [0.1, 0.15) is 30.5 Å². The Morgan fingerprint density at radius 2 is 1.83 bits per heavy atom. The number of hydrogen-bond donors (Lipinski definition) is 0. The first-order valence-electron chi connectivity index (χ1n) is 10.9. The number of nitrogens with zero attached hydrogens (tertiary/aromatic N) is 3. The molecule has 6 nitrogen and oxygen atoms in total. The fourth-order valence-electron chi connectivity index (χ4n) is 4.64. The summed E-state index contributed by atoms with van der Waals surface area (Å²) in [6.45, 7) is 9.50. The van der Waals surface area contributed by atoms with E-state index in [1.54, 1.807) is 7.11 Å². The second-order valence-electron chi connectivity index (χ2n) is 8.17. The summed E-state index contributed by atoms with van der Waals surface area (Å²) in [5, 5.41) is 1.15. The van der Waals surface area contributed by atoms with Crippen molar-refractivity contribution >= 4 is 16.8 Å². The number of carbonyl (C=O) groups excluding carboxylic acids is 1. The van der Waals surface area contributed by atoms with Crippen LogP contribution in [0.15, 0.2) is 18.2 Å². The molecule has 6 heteroatoms. The number of carbonyl (C=O) groups is 1. The van der Waals surface area contributed by atoms with Crippen LogP contribution in [-0.2, 0) is 22.5 Å². The van der Waals surface area contributed by atoms with Crippen LogP contribution in [0.2, 0.25) is 0 Å². The molecular formula is C23H33N3O3. The highest BCUT2D eigenvalue weighted by molar-refractivity contribution is 5.91. The van der Waals surface area contributed by atoms with Crippen LogP contribution in [0.25, 0.3) is 10.9 Å². The van der Waals surface area contributed by atoms with Crippen LogP contribution in [0.4, 0.5) is 0 Å². The van der Waals surface area contributed by atoms with Crippen molar-refractivity contribution in [3.8, 4) is 5.75 Å². The van der Waals surface area contributed by atoms with Crippen LogP contribution in [-0.4, -0.2) is 73.3 Å². The lowest BCUT2D eigenvalue weighted by Crippen LogP contribution is -2.38. The van der Waals surface area contributed by atoms with Crippen LogP contribution in [0.3, 0.4) is 0 Å². The molecule has 0 aliphatic carbocycles. The quantitative estimate of drug-likeness (QED) is 0.749. The molecule has 4 rings (SSSR count). The summed E-state index contributed by atoms with van der Waals surface area (Å²) < 4.78 is 13.3. The number of methoxy groups -OCH3 is 1. The van der Waals surface area contributed by atoms with E-state index in [-0.39, 0.29) is 5.91 Å². The van der Waals surface area contributed by atoms with Gasteiger partial charge in [0.2, 0.25) is 5.91 Å². The van der Waals surface area contributed by atoms with Gasteiger partial charge in [0.15, 0.2) is 0 Å². The maximum absolute atomic E-state index is 13.0. The minimum absolute atomic E-state index is 0.253. The Morgan fingerprint density at radius 1 is 1.07 bits per heavy atom. The van der Waals surface area contributed by atoms with Gasteiger partial charge < -0.3 is 18.9 Å². The van der Waals surface area contributed by atoms with E-state index < -0.39 is 0 Å². The molecule has 29 heavy (non-hydrogen) atoms. The number of morpholine rings is 1. The molecule has 0 saturated carbocycles. The monoisotopic (exact) mass is 399 g/mol. The molecule has 0 radical (unpaired) electrons. The van der Waals surface area contributed by atoms with E-state index in [1.165, 1.54) is 17.6 Å². The number of ether oxygens (including phenoxy) is 2. The lowest BCUT2D eigenvalue weighted by atomic mass is 10.1. The molecule has 1 aromatic carbocycles. The van der Waals surface area contributed by atoms with Crippen LogP contribution in [0, 0.1) is 6.92 Å². The number of benzene rings is 1. The fourth-order valence-corrected chi connectivity index (χ4v) is 4.64. The third-order valence-corrected chi connectivity index (χ3v) is 6.44. The fraction of sp³-hybridized carbons (Fsp3) is 0.609. The third kappa shape index (κ3) is 4.43. The number of aromatic nitrogens is 1. The highest BCUT2D eigenvalue weighted by atomic mass is 16.5. The number of hydrogen-bond acceptors (Lipinski definition) is 4. The summed E-state index contributed by atoms with van der Waals surface area (Å²) in [6, 6.07) is 6.24. The van der Waals surface area contributed by atoms with Crippen molar-refractivity contribution in [1.82, 2.24) is 14.4 Å². The zero-order chi connectivity index (χ0) is 20.2. The minimum atomic E-state index is 0.253. The Balaban J connectivity index is 1.61. The normalized spacial score (nSPS) is 18.3. The summed E-state index contributed by atoms with van der Waals surface area (Å²) in [6.07, 6.45) is 3.96. The van der Waals surface area contributed by atoms with Gasteiger partial charge in [-0.3, -0.25) is 9.69 Å². The molecule has 0 N–H and O–H groups in total. The zero-order valence-electron chi connectivity index (χ0n) is 17.8. The molecule has 1 aromatic heterocycles. The van der Waals surface area contributed by atoms with Crippen molar-refractivity contribution in [3.63, 3.8) is 0 Å². The van der Waals surface area contributed by atoms with E-state index in [2.05, 4.69) is 28.5 Å². The first-order valence-corrected chi connectivity index (χ1v) is 10.9. The van der Waals surface area contributed by atoms with Gasteiger partial charge in [0.1, 0.15) is 5.75 Å². The summed E-state index contributed by atoms with van der Waals surface area (Å²) >= 11 is 0. The van der Waals surface area contributed by atoms with Crippen molar-refractivity contribution in [2.45, 2.75) is 39.2 Å². The van der Waals surface area contributed by atoms with Gasteiger partial charge >= 0.3 is 0 Å². The number of fused-ring (bicyclic) bond motifs is 1. The standard InChI is InChI=1S/C23H33N3O3/c1-18-20(17-23(27)25-8-4-3-5-9-25)21-16-19(28-2)6-7-22(21)26(18)11-10-24-12-14-29-15-13-24/h6-7,16H,3-5,8-15,17H2,1-2H3. The van der Waals surface area contributed by atoms with Crippen LogP contribution < -0.4 is 4.74 Å². The molecule has 0 unspecified atom stereocenters. The molecule has 2 saturated heterocycles. The Bertz CT molecular complexity index is 849. The SMILES string of the molecule is COc1ccc2c(c1)c(CC(=O)N1CCCCC1)c(C)n2CCN1CCOCC1. The Kier molecular flexibility index (Phi) is 6.40. The molecule has 1 amide bonds. The molecule has 3 heterocycles. The van der Waals surface area contributed by atoms with Gasteiger partial charge in [-0.25, -0.2) is 0 Å². The number of piperidine rings is 1. The van der Waals surface area contributed by atoms with Gasteiger partial charge in [-0.1, -0.05) is 0 Å². The highest BCUT2D eigenvalue weighted by Gasteiger charge is 2.22. The van der Waals surface area contributed by atoms with Crippen molar-refractivity contribution < 1.29 is 14.3 Å². The van der Waals surface area contributed by atoms with Gasteiger partial charge in [0.25, 0.3) is 0 Å². The molecule has 2 fully saturated rings. The molecule has 2 aromatic rings. The minimum Gasteiger partial charge on any atom is -0.497 e. The smallest absolute Gasteiger partial charge is 0.227 e. The average molecular weight is 400 g/mol. The van der Waals surface area contributed by atoms with E-state index in [1.807, 2.05) is 11.0 Å². The molecular weight excluding hydrogens is 366 g/mol. The number of rotatable bonds is 6. The Morgan fingerprint density at radius 3 is 2.55 bits per heavy atom. The maximum atomic E-state index is 13.0. The first-order chi connectivity index (χ1) is 14.2. The molecule has 2 aliphatic rings. The number of amides is 1.